The number of aliphatic hydroxyl groups is 1. The number of hydrogen-bond donors (Lipinski definition) is 2. The number of ether oxygens (including phenoxy) is 1. The number of aromatic nitrogens is 2. The minimum absolute atomic E-state index is 0.0196. The normalized spacial score (nSPS) is 33.9. The number of halogens is 1. The molecule has 1 aliphatic carbocycles. The minimum Gasteiger partial charge on any atom is -0.385 e. The smallest absolute Gasteiger partial charge is 0.228 e. The van der Waals surface area contributed by atoms with E-state index in [1.54, 1.807) is 6.20 Å². The Morgan fingerprint density at radius 2 is 2.12 bits per heavy atom. The van der Waals surface area contributed by atoms with Gasteiger partial charge in [0.25, 0.3) is 0 Å². The van der Waals surface area contributed by atoms with Crippen LogP contribution in [0, 0.1) is 17.8 Å². The van der Waals surface area contributed by atoms with Crippen LogP contribution in [-0.4, -0.2) is 52.4 Å². The van der Waals surface area contributed by atoms with Gasteiger partial charge in [0.2, 0.25) is 5.91 Å². The van der Waals surface area contributed by atoms with Crippen LogP contribution in [0.3, 0.4) is 0 Å². The van der Waals surface area contributed by atoms with Crippen molar-refractivity contribution in [2.45, 2.75) is 24.9 Å². The Balaban J connectivity index is 1.37. The van der Waals surface area contributed by atoms with Gasteiger partial charge in [0.05, 0.1) is 29.8 Å². The van der Waals surface area contributed by atoms with Crippen molar-refractivity contribution in [1.82, 2.24) is 15.1 Å². The van der Waals surface area contributed by atoms with Crippen molar-refractivity contribution in [2.75, 3.05) is 26.3 Å². The maximum Gasteiger partial charge on any atom is 0.228 e. The molecule has 7 heteroatoms. The molecule has 3 aliphatic rings. The van der Waals surface area contributed by atoms with Crippen molar-refractivity contribution in [1.29, 1.82) is 0 Å². The molecule has 1 aromatic heterocycles. The molecule has 2 aromatic rings. The molecular formula is C19H22ClN3O3. The zero-order chi connectivity index (χ0) is 17.9. The molecule has 0 bridgehead atoms. The molecule has 0 spiro atoms. The third-order valence-electron chi connectivity index (χ3n) is 6.39. The predicted molar refractivity (Wildman–Crippen MR) is 96.7 cm³/mol. The fourth-order valence-corrected chi connectivity index (χ4v) is 5.36. The third-order valence-corrected chi connectivity index (χ3v) is 6.61. The van der Waals surface area contributed by atoms with Crippen molar-refractivity contribution in [3.8, 4) is 0 Å². The lowest BCUT2D eigenvalue weighted by atomic mass is 9.88. The lowest BCUT2D eigenvalue weighted by molar-refractivity contribution is -0.135. The van der Waals surface area contributed by atoms with Crippen molar-refractivity contribution < 1.29 is 14.6 Å². The highest BCUT2D eigenvalue weighted by molar-refractivity contribution is 6.31. The number of aromatic amines is 1. The summed E-state index contributed by atoms with van der Waals surface area (Å²) < 4.78 is 5.36. The summed E-state index contributed by atoms with van der Waals surface area (Å²) in [7, 11) is 0. The highest BCUT2D eigenvalue weighted by atomic mass is 35.5. The zero-order valence-corrected chi connectivity index (χ0v) is 15.2. The molecule has 138 valence electrons. The first kappa shape index (κ1) is 16.5. The first-order valence-electron chi connectivity index (χ1n) is 9.25. The summed E-state index contributed by atoms with van der Waals surface area (Å²) in [5.41, 5.74) is 0.787. The fourth-order valence-electron chi connectivity index (χ4n) is 5.14. The number of carbonyl (C=O) groups excluding carboxylic acids is 1. The molecule has 4 atom stereocenters. The van der Waals surface area contributed by atoms with Crippen LogP contribution in [-0.2, 0) is 15.1 Å². The molecule has 0 radical (unpaired) electrons. The molecule has 1 saturated carbocycles. The van der Waals surface area contributed by atoms with Gasteiger partial charge < -0.3 is 14.7 Å². The van der Waals surface area contributed by atoms with Crippen LogP contribution >= 0.6 is 11.6 Å². The summed E-state index contributed by atoms with van der Waals surface area (Å²) in [5.74, 6) is 0.894. The average molecular weight is 376 g/mol. The molecule has 5 rings (SSSR count). The van der Waals surface area contributed by atoms with Crippen molar-refractivity contribution in [2.24, 2.45) is 17.8 Å². The minimum atomic E-state index is -0.909. The van der Waals surface area contributed by atoms with E-state index in [1.807, 2.05) is 17.0 Å². The summed E-state index contributed by atoms with van der Waals surface area (Å²) in [6.07, 6.45) is 3.89. The molecule has 1 unspecified atom stereocenters. The molecule has 6 nitrogen and oxygen atoms in total. The van der Waals surface area contributed by atoms with Crippen molar-refractivity contribution >= 4 is 28.4 Å². The molecule has 26 heavy (non-hydrogen) atoms. The van der Waals surface area contributed by atoms with Gasteiger partial charge in [0.15, 0.2) is 0 Å². The van der Waals surface area contributed by atoms with Crippen LogP contribution in [0.1, 0.15) is 24.8 Å². The molecule has 2 saturated heterocycles. The van der Waals surface area contributed by atoms with Gasteiger partial charge in [-0.3, -0.25) is 9.89 Å². The Kier molecular flexibility index (Phi) is 3.78. The van der Waals surface area contributed by atoms with Gasteiger partial charge in [-0.25, -0.2) is 0 Å². The Bertz CT molecular complexity index is 847. The third kappa shape index (κ3) is 2.54. The van der Waals surface area contributed by atoms with E-state index in [1.165, 1.54) is 0 Å². The number of benzene rings is 1. The summed E-state index contributed by atoms with van der Waals surface area (Å²) >= 11 is 6.26. The highest BCUT2D eigenvalue weighted by Gasteiger charge is 2.51. The van der Waals surface area contributed by atoms with Gasteiger partial charge in [-0.05, 0) is 48.8 Å². The Morgan fingerprint density at radius 3 is 2.81 bits per heavy atom. The zero-order valence-electron chi connectivity index (χ0n) is 14.4. The molecule has 2 N–H and O–H groups in total. The Morgan fingerprint density at radius 1 is 1.35 bits per heavy atom. The Labute approximate surface area is 156 Å². The number of carbonyl (C=O) groups is 1. The van der Waals surface area contributed by atoms with Gasteiger partial charge in [0.1, 0.15) is 0 Å². The van der Waals surface area contributed by atoms with Crippen LogP contribution in [0.25, 0.3) is 10.9 Å². The molecule has 1 aromatic carbocycles. The van der Waals surface area contributed by atoms with E-state index in [4.69, 9.17) is 16.3 Å². The van der Waals surface area contributed by atoms with Crippen LogP contribution < -0.4 is 0 Å². The fraction of sp³-hybridized carbons (Fsp3) is 0.579. The number of amides is 1. The van der Waals surface area contributed by atoms with E-state index in [2.05, 4.69) is 10.2 Å². The second-order valence-electron chi connectivity index (χ2n) is 8.05. The van der Waals surface area contributed by atoms with E-state index in [-0.39, 0.29) is 11.8 Å². The van der Waals surface area contributed by atoms with Crippen LogP contribution in [0.2, 0.25) is 5.02 Å². The van der Waals surface area contributed by atoms with E-state index < -0.39 is 5.60 Å². The van der Waals surface area contributed by atoms with Gasteiger partial charge in [-0.2, -0.15) is 5.10 Å². The first-order valence-corrected chi connectivity index (χ1v) is 9.63. The molecule has 3 fully saturated rings. The van der Waals surface area contributed by atoms with E-state index in [9.17, 15) is 9.90 Å². The topological polar surface area (TPSA) is 78.5 Å². The summed E-state index contributed by atoms with van der Waals surface area (Å²) in [4.78, 5) is 14.6. The quantitative estimate of drug-likeness (QED) is 0.844. The number of H-pyrrole nitrogens is 1. The SMILES string of the molecule is O=C(C1CCOC1)N1C[C@@H]2C[C@](O)(c3cc(Cl)cc4[nH]ncc34)C[C@@H]2C1. The number of fused-ring (bicyclic) bond motifs is 2. The molecule has 1 amide bonds. The van der Waals surface area contributed by atoms with Gasteiger partial charge in [0, 0.05) is 30.1 Å². The van der Waals surface area contributed by atoms with Crippen LogP contribution in [0.5, 0.6) is 0 Å². The molecular weight excluding hydrogens is 354 g/mol. The predicted octanol–water partition coefficient (Wildman–Crippen LogP) is 2.31. The molecule has 3 heterocycles. The summed E-state index contributed by atoms with van der Waals surface area (Å²) in [6, 6.07) is 3.69. The van der Waals surface area contributed by atoms with Gasteiger partial charge in [-0.15, -0.1) is 0 Å². The maximum absolute atomic E-state index is 12.6. The number of rotatable bonds is 2. The summed E-state index contributed by atoms with van der Waals surface area (Å²) in [6.45, 7) is 2.71. The van der Waals surface area contributed by atoms with E-state index in [0.29, 0.717) is 42.9 Å². The Hall–Kier alpha value is -1.63. The lowest BCUT2D eigenvalue weighted by Gasteiger charge is -2.28. The van der Waals surface area contributed by atoms with E-state index in [0.717, 1.165) is 36.0 Å². The number of nitrogens with zero attached hydrogens (tertiary/aromatic N) is 2. The van der Waals surface area contributed by atoms with Crippen molar-refractivity contribution in [3.05, 3.63) is 28.9 Å². The monoisotopic (exact) mass is 375 g/mol. The standard InChI is InChI=1S/C19H22ClN3O3/c20-14-3-16(15-7-21-22-17(15)4-14)19(25)5-12-8-23(9-13(12)6-19)18(24)11-1-2-26-10-11/h3-4,7,11-13,25H,1-2,5-6,8-10H2,(H,21,22)/t11?,12-,13+,19+. The summed E-state index contributed by atoms with van der Waals surface area (Å²) in [5, 5.41) is 20.0. The second kappa shape index (κ2) is 5.94. The largest absolute Gasteiger partial charge is 0.385 e. The van der Waals surface area contributed by atoms with Crippen LogP contribution in [0.4, 0.5) is 0 Å². The second-order valence-corrected chi connectivity index (χ2v) is 8.48. The van der Waals surface area contributed by atoms with Crippen LogP contribution in [0.15, 0.2) is 18.3 Å². The number of likely N-dealkylation sites (tertiary alicyclic amines) is 1. The molecule has 2 aliphatic heterocycles. The number of hydrogen-bond acceptors (Lipinski definition) is 4. The maximum atomic E-state index is 12.6. The van der Waals surface area contributed by atoms with E-state index >= 15 is 0 Å². The average Bonchev–Trinajstić information content (AvgIpc) is 3.36. The lowest BCUT2D eigenvalue weighted by Crippen LogP contribution is -2.36. The van der Waals surface area contributed by atoms with Gasteiger partial charge in [-0.1, -0.05) is 11.6 Å². The van der Waals surface area contributed by atoms with Gasteiger partial charge >= 0.3 is 0 Å². The first-order chi connectivity index (χ1) is 12.5. The van der Waals surface area contributed by atoms with Crippen molar-refractivity contribution in [3.63, 3.8) is 0 Å². The highest BCUT2D eigenvalue weighted by Crippen LogP contribution is 2.50. The number of nitrogens with one attached hydrogen (secondary N) is 1.